The maximum Gasteiger partial charge on any atom is 0.279 e. The zero-order valence-corrected chi connectivity index (χ0v) is 13.2. The molecular weight excluding hydrogens is 274 g/mol. The Hall–Kier alpha value is -0.950. The first-order valence-corrected chi connectivity index (χ1v) is 8.26. The molecule has 3 N–H and O–H groups in total. The van der Waals surface area contributed by atoms with Crippen LogP contribution in [0.5, 0.6) is 0 Å². The molecule has 0 spiro atoms. The number of benzene rings is 1. The Bertz CT molecular complexity index is 488. The first-order valence-electron chi connectivity index (χ1n) is 6.82. The monoisotopic (exact) mass is 299 g/mol. The lowest BCUT2D eigenvalue weighted by molar-refractivity contribution is 0.420. The first-order chi connectivity index (χ1) is 9.35. The minimum Gasteiger partial charge on any atom is -0.329 e. The molecule has 1 rings (SSSR count). The van der Waals surface area contributed by atoms with Crippen LogP contribution in [-0.4, -0.2) is 32.4 Å². The predicted octanol–water partition coefficient (Wildman–Crippen LogP) is 1.33. The number of nitrogens with two attached hydrogens (primary N) is 1. The van der Waals surface area contributed by atoms with Crippen LogP contribution in [0, 0.1) is 5.92 Å². The Labute approximate surface area is 122 Å². The van der Waals surface area contributed by atoms with Crippen molar-refractivity contribution < 1.29 is 8.42 Å². The molecule has 0 aliphatic rings. The normalized spacial score (nSPS) is 13.9. The molecule has 1 unspecified atom stereocenters. The molecule has 0 radical (unpaired) electrons. The van der Waals surface area contributed by atoms with E-state index in [1.54, 1.807) is 7.05 Å². The minimum atomic E-state index is -3.51. The van der Waals surface area contributed by atoms with Gasteiger partial charge >= 0.3 is 0 Å². The number of nitrogens with zero attached hydrogens (tertiary/aromatic N) is 1. The molecule has 20 heavy (non-hydrogen) atoms. The van der Waals surface area contributed by atoms with Crippen LogP contribution in [0.3, 0.4) is 0 Å². The van der Waals surface area contributed by atoms with Crippen LogP contribution in [-0.2, 0) is 16.8 Å². The van der Waals surface area contributed by atoms with Gasteiger partial charge in [0.05, 0.1) is 0 Å². The van der Waals surface area contributed by atoms with Gasteiger partial charge in [0.2, 0.25) is 0 Å². The first kappa shape index (κ1) is 17.1. The van der Waals surface area contributed by atoms with Gasteiger partial charge in [0.25, 0.3) is 10.2 Å². The van der Waals surface area contributed by atoms with Crippen molar-refractivity contribution in [2.24, 2.45) is 11.7 Å². The van der Waals surface area contributed by atoms with Gasteiger partial charge in [-0.3, -0.25) is 0 Å². The maximum absolute atomic E-state index is 12.2. The summed E-state index contributed by atoms with van der Waals surface area (Å²) >= 11 is 0. The quantitative estimate of drug-likeness (QED) is 0.760. The predicted molar refractivity (Wildman–Crippen MR) is 82.3 cm³/mol. The summed E-state index contributed by atoms with van der Waals surface area (Å²) in [5, 5.41) is 0. The van der Waals surface area contributed by atoms with Gasteiger partial charge in [-0.1, -0.05) is 44.2 Å². The molecule has 0 aliphatic heterocycles. The second-order valence-electron chi connectivity index (χ2n) is 5.43. The molecule has 0 aliphatic carbocycles. The van der Waals surface area contributed by atoms with E-state index in [1.807, 2.05) is 44.2 Å². The second kappa shape index (κ2) is 7.73. The summed E-state index contributed by atoms with van der Waals surface area (Å²) in [6, 6.07) is 9.28. The summed E-state index contributed by atoms with van der Waals surface area (Å²) in [5.41, 5.74) is 6.59. The van der Waals surface area contributed by atoms with Crippen LogP contribution >= 0.6 is 0 Å². The third-order valence-corrected chi connectivity index (χ3v) is 4.60. The van der Waals surface area contributed by atoms with Crippen LogP contribution in [0.2, 0.25) is 0 Å². The van der Waals surface area contributed by atoms with Crippen molar-refractivity contribution in [3.05, 3.63) is 35.9 Å². The van der Waals surface area contributed by atoms with Crippen molar-refractivity contribution in [2.75, 3.05) is 13.6 Å². The zero-order valence-electron chi connectivity index (χ0n) is 12.4. The highest BCUT2D eigenvalue weighted by atomic mass is 32.2. The number of hydrogen-bond donors (Lipinski definition) is 2. The van der Waals surface area contributed by atoms with E-state index in [2.05, 4.69) is 4.72 Å². The van der Waals surface area contributed by atoms with Crippen molar-refractivity contribution in [1.29, 1.82) is 0 Å². The van der Waals surface area contributed by atoms with Gasteiger partial charge in [-0.05, 0) is 17.9 Å². The molecule has 6 heteroatoms. The molecule has 0 bridgehead atoms. The fraction of sp³-hybridized carbons (Fsp3) is 0.571. The highest BCUT2D eigenvalue weighted by molar-refractivity contribution is 7.87. The second-order valence-corrected chi connectivity index (χ2v) is 7.24. The summed E-state index contributed by atoms with van der Waals surface area (Å²) in [6.45, 7) is 4.74. The molecular formula is C14H25N3O2S. The molecule has 0 heterocycles. The Balaban J connectivity index is 2.67. The molecule has 0 fully saturated rings. The Morgan fingerprint density at radius 2 is 1.85 bits per heavy atom. The zero-order chi connectivity index (χ0) is 15.2. The third kappa shape index (κ3) is 5.58. The molecule has 0 saturated carbocycles. The van der Waals surface area contributed by atoms with Gasteiger partial charge in [0.15, 0.2) is 0 Å². The van der Waals surface area contributed by atoms with Crippen molar-refractivity contribution in [3.8, 4) is 0 Å². The Morgan fingerprint density at radius 3 is 2.35 bits per heavy atom. The lowest BCUT2D eigenvalue weighted by Gasteiger charge is -2.23. The molecule has 114 valence electrons. The van der Waals surface area contributed by atoms with Crippen LogP contribution in [0.1, 0.15) is 25.8 Å². The van der Waals surface area contributed by atoms with Gasteiger partial charge in [-0.2, -0.15) is 17.4 Å². The SMILES string of the molecule is CC(C)CC(CN)NS(=O)(=O)N(C)Cc1ccccc1. The minimum absolute atomic E-state index is 0.224. The summed E-state index contributed by atoms with van der Waals surface area (Å²) in [7, 11) is -1.94. The highest BCUT2D eigenvalue weighted by Crippen LogP contribution is 2.09. The van der Waals surface area contributed by atoms with Crippen LogP contribution in [0.25, 0.3) is 0 Å². The summed E-state index contributed by atoms with van der Waals surface area (Å²) in [6.07, 6.45) is 0.731. The number of hydrogen-bond acceptors (Lipinski definition) is 3. The van der Waals surface area contributed by atoms with E-state index in [-0.39, 0.29) is 6.04 Å². The van der Waals surface area contributed by atoms with Crippen LogP contribution in [0.15, 0.2) is 30.3 Å². The summed E-state index contributed by atoms with van der Waals surface area (Å²) < 4.78 is 28.5. The lowest BCUT2D eigenvalue weighted by Crippen LogP contribution is -2.46. The fourth-order valence-corrected chi connectivity index (χ4v) is 3.10. The average molecular weight is 299 g/mol. The van der Waals surface area contributed by atoms with Gasteiger partial charge in [0, 0.05) is 26.2 Å². The van der Waals surface area contributed by atoms with E-state index in [0.717, 1.165) is 12.0 Å². The van der Waals surface area contributed by atoms with E-state index in [4.69, 9.17) is 5.73 Å². The lowest BCUT2D eigenvalue weighted by atomic mass is 10.1. The van der Waals surface area contributed by atoms with Crippen LogP contribution in [0.4, 0.5) is 0 Å². The van der Waals surface area contributed by atoms with Crippen molar-refractivity contribution >= 4 is 10.2 Å². The van der Waals surface area contributed by atoms with E-state index >= 15 is 0 Å². The largest absolute Gasteiger partial charge is 0.329 e. The molecule has 0 saturated heterocycles. The van der Waals surface area contributed by atoms with E-state index in [1.165, 1.54) is 4.31 Å². The maximum atomic E-state index is 12.2. The topological polar surface area (TPSA) is 75.4 Å². The number of rotatable bonds is 8. The summed E-state index contributed by atoms with van der Waals surface area (Å²) in [4.78, 5) is 0. The van der Waals surface area contributed by atoms with E-state index in [0.29, 0.717) is 19.0 Å². The molecule has 0 amide bonds. The van der Waals surface area contributed by atoms with E-state index < -0.39 is 10.2 Å². The Kier molecular flexibility index (Phi) is 6.61. The van der Waals surface area contributed by atoms with Crippen molar-refractivity contribution in [3.63, 3.8) is 0 Å². The summed E-state index contributed by atoms with van der Waals surface area (Å²) in [5.74, 6) is 0.394. The molecule has 5 nitrogen and oxygen atoms in total. The standard InChI is InChI=1S/C14H25N3O2S/c1-12(2)9-14(10-15)16-20(18,19)17(3)11-13-7-5-4-6-8-13/h4-8,12,14,16H,9-11,15H2,1-3H3. The average Bonchev–Trinajstić information content (AvgIpc) is 2.38. The van der Waals surface area contributed by atoms with Crippen molar-refractivity contribution in [2.45, 2.75) is 32.9 Å². The Morgan fingerprint density at radius 1 is 1.25 bits per heavy atom. The van der Waals surface area contributed by atoms with Gasteiger partial charge in [-0.15, -0.1) is 0 Å². The van der Waals surface area contributed by atoms with Crippen LogP contribution < -0.4 is 10.5 Å². The van der Waals surface area contributed by atoms with Gasteiger partial charge < -0.3 is 5.73 Å². The fourth-order valence-electron chi connectivity index (χ4n) is 1.99. The number of nitrogens with one attached hydrogen (secondary N) is 1. The molecule has 1 aromatic carbocycles. The third-order valence-electron chi connectivity index (χ3n) is 3.01. The highest BCUT2D eigenvalue weighted by Gasteiger charge is 2.22. The molecule has 1 aromatic rings. The molecule has 1 atom stereocenters. The smallest absolute Gasteiger partial charge is 0.279 e. The van der Waals surface area contributed by atoms with E-state index in [9.17, 15) is 8.42 Å². The molecule has 0 aromatic heterocycles. The van der Waals surface area contributed by atoms with Gasteiger partial charge in [0.1, 0.15) is 0 Å². The van der Waals surface area contributed by atoms with Crippen molar-refractivity contribution in [1.82, 2.24) is 9.03 Å². The van der Waals surface area contributed by atoms with Gasteiger partial charge in [-0.25, -0.2) is 0 Å².